The van der Waals surface area contributed by atoms with Gasteiger partial charge >= 0.3 is 0 Å². The minimum atomic E-state index is -0.390. The molecular weight excluding hydrogens is 176 g/mol. The van der Waals surface area contributed by atoms with Crippen LogP contribution in [0.2, 0.25) is 0 Å². The topological polar surface area (TPSA) is 20.2 Å². The molecule has 1 heterocycles. The highest BCUT2D eigenvalue weighted by Crippen LogP contribution is 2.36. The Morgan fingerprint density at radius 3 is 2.82 bits per heavy atom. The summed E-state index contributed by atoms with van der Waals surface area (Å²) < 4.78 is 0. The molecule has 0 radical (unpaired) electrons. The van der Waals surface area contributed by atoms with E-state index in [-0.39, 0.29) is 4.93 Å². The maximum absolute atomic E-state index is 9.94. The fraction of sp³-hybridized carbons (Fsp3) is 1.00. The van der Waals surface area contributed by atoms with E-state index in [4.69, 9.17) is 0 Å². The average Bonchev–Trinajstić information content (AvgIpc) is 2.03. The first-order valence-electron chi connectivity index (χ1n) is 4.21. The van der Waals surface area contributed by atoms with Gasteiger partial charge in [-0.3, -0.25) is 0 Å². The summed E-state index contributed by atoms with van der Waals surface area (Å²) in [7, 11) is 0. The number of hydrogen-bond acceptors (Lipinski definition) is 3. The van der Waals surface area contributed by atoms with Gasteiger partial charge in [-0.15, -0.1) is 11.8 Å². The van der Waals surface area contributed by atoms with Gasteiger partial charge in [-0.05, 0) is 12.8 Å². The predicted octanol–water partition coefficient (Wildman–Crippen LogP) is 2.35. The van der Waals surface area contributed by atoms with Crippen LogP contribution in [0, 0.1) is 0 Å². The van der Waals surface area contributed by atoms with E-state index in [2.05, 4.69) is 6.92 Å². The van der Waals surface area contributed by atoms with Crippen LogP contribution in [0.15, 0.2) is 0 Å². The van der Waals surface area contributed by atoms with Crippen molar-refractivity contribution in [2.45, 2.75) is 31.1 Å². The Hall–Kier alpha value is 0.660. The lowest BCUT2D eigenvalue weighted by Gasteiger charge is -2.30. The first kappa shape index (κ1) is 9.75. The Kier molecular flexibility index (Phi) is 4.10. The molecule has 0 saturated carbocycles. The lowest BCUT2D eigenvalue weighted by atomic mass is 10.2. The SMILES string of the molecule is CCCCC1(O)CSCCS1. The molecule has 1 aliphatic rings. The van der Waals surface area contributed by atoms with Gasteiger partial charge in [0.15, 0.2) is 0 Å². The molecular formula is C8H16OS2. The Bertz CT molecular complexity index is 111. The second-order valence-corrected chi connectivity index (χ2v) is 5.51. The third-order valence-electron chi connectivity index (χ3n) is 1.85. The van der Waals surface area contributed by atoms with E-state index in [1.807, 2.05) is 11.8 Å². The summed E-state index contributed by atoms with van der Waals surface area (Å²) in [6.45, 7) is 2.17. The van der Waals surface area contributed by atoms with E-state index < -0.39 is 0 Å². The average molecular weight is 192 g/mol. The highest BCUT2D eigenvalue weighted by atomic mass is 32.2. The van der Waals surface area contributed by atoms with Gasteiger partial charge < -0.3 is 5.11 Å². The van der Waals surface area contributed by atoms with Crippen LogP contribution in [0.3, 0.4) is 0 Å². The van der Waals surface area contributed by atoms with E-state index in [0.29, 0.717) is 0 Å². The standard InChI is InChI=1S/C8H16OS2/c1-2-3-4-8(9)7-10-5-6-11-8/h9H,2-7H2,1H3. The Balaban J connectivity index is 2.25. The molecule has 0 aromatic carbocycles. The monoisotopic (exact) mass is 192 g/mol. The van der Waals surface area contributed by atoms with Gasteiger partial charge in [0.25, 0.3) is 0 Å². The van der Waals surface area contributed by atoms with Crippen molar-refractivity contribution in [3.63, 3.8) is 0 Å². The van der Waals surface area contributed by atoms with E-state index in [1.165, 1.54) is 12.2 Å². The number of thioether (sulfide) groups is 2. The predicted molar refractivity (Wildman–Crippen MR) is 54.3 cm³/mol. The Labute approximate surface area is 77.3 Å². The van der Waals surface area contributed by atoms with Crippen molar-refractivity contribution >= 4 is 23.5 Å². The fourth-order valence-corrected chi connectivity index (χ4v) is 3.83. The molecule has 1 unspecified atom stereocenters. The number of rotatable bonds is 3. The minimum Gasteiger partial charge on any atom is -0.379 e. The molecule has 0 bridgehead atoms. The molecule has 0 aromatic rings. The minimum absolute atomic E-state index is 0.390. The summed E-state index contributed by atoms with van der Waals surface area (Å²) in [5, 5.41) is 9.94. The lowest BCUT2D eigenvalue weighted by molar-refractivity contribution is 0.149. The summed E-state index contributed by atoms with van der Waals surface area (Å²) in [6, 6.07) is 0. The molecule has 1 fully saturated rings. The van der Waals surface area contributed by atoms with Crippen LogP contribution in [-0.4, -0.2) is 27.3 Å². The summed E-state index contributed by atoms with van der Waals surface area (Å²) >= 11 is 3.62. The summed E-state index contributed by atoms with van der Waals surface area (Å²) in [5.74, 6) is 3.25. The summed E-state index contributed by atoms with van der Waals surface area (Å²) in [6.07, 6.45) is 3.32. The van der Waals surface area contributed by atoms with Crippen LogP contribution in [0.5, 0.6) is 0 Å². The van der Waals surface area contributed by atoms with Crippen molar-refractivity contribution < 1.29 is 5.11 Å². The van der Waals surface area contributed by atoms with Crippen molar-refractivity contribution in [2.75, 3.05) is 17.3 Å². The van der Waals surface area contributed by atoms with Crippen LogP contribution in [-0.2, 0) is 0 Å². The van der Waals surface area contributed by atoms with Gasteiger partial charge in [-0.2, -0.15) is 11.8 Å². The van der Waals surface area contributed by atoms with Crippen molar-refractivity contribution in [3.8, 4) is 0 Å². The summed E-state index contributed by atoms with van der Waals surface area (Å²) in [4.78, 5) is -0.390. The molecule has 11 heavy (non-hydrogen) atoms. The van der Waals surface area contributed by atoms with Crippen LogP contribution in [0.4, 0.5) is 0 Å². The van der Waals surface area contributed by atoms with Crippen LogP contribution in [0.1, 0.15) is 26.2 Å². The molecule has 1 nitrogen and oxygen atoms in total. The smallest absolute Gasteiger partial charge is 0.119 e. The van der Waals surface area contributed by atoms with Gasteiger partial charge in [0, 0.05) is 17.3 Å². The maximum Gasteiger partial charge on any atom is 0.119 e. The van der Waals surface area contributed by atoms with Crippen LogP contribution < -0.4 is 0 Å². The molecule has 1 rings (SSSR count). The zero-order valence-electron chi connectivity index (χ0n) is 7.01. The van der Waals surface area contributed by atoms with Gasteiger partial charge in [-0.25, -0.2) is 0 Å². The first-order valence-corrected chi connectivity index (χ1v) is 6.35. The number of hydrogen-bond donors (Lipinski definition) is 1. The van der Waals surface area contributed by atoms with Crippen molar-refractivity contribution in [1.29, 1.82) is 0 Å². The molecule has 1 saturated heterocycles. The Morgan fingerprint density at radius 1 is 1.45 bits per heavy atom. The molecule has 1 atom stereocenters. The van der Waals surface area contributed by atoms with Crippen molar-refractivity contribution in [1.82, 2.24) is 0 Å². The normalized spacial score (nSPS) is 32.2. The summed E-state index contributed by atoms with van der Waals surface area (Å²) in [5.41, 5.74) is 0. The lowest BCUT2D eigenvalue weighted by Crippen LogP contribution is -2.31. The van der Waals surface area contributed by atoms with Crippen molar-refractivity contribution in [2.24, 2.45) is 0 Å². The third-order valence-corrected chi connectivity index (χ3v) is 4.76. The van der Waals surface area contributed by atoms with Gasteiger partial charge in [-0.1, -0.05) is 13.3 Å². The molecule has 0 spiro atoms. The number of unbranched alkanes of at least 4 members (excludes halogenated alkanes) is 1. The van der Waals surface area contributed by atoms with Gasteiger partial charge in [0.05, 0.1) is 0 Å². The largest absolute Gasteiger partial charge is 0.379 e. The molecule has 0 aliphatic carbocycles. The number of aliphatic hydroxyl groups is 1. The zero-order chi connectivity index (χ0) is 8.16. The second-order valence-electron chi connectivity index (χ2n) is 2.95. The van der Waals surface area contributed by atoms with Crippen molar-refractivity contribution in [3.05, 3.63) is 0 Å². The van der Waals surface area contributed by atoms with Gasteiger partial charge in [0.1, 0.15) is 4.93 Å². The van der Waals surface area contributed by atoms with E-state index in [0.717, 1.165) is 24.3 Å². The van der Waals surface area contributed by atoms with E-state index in [9.17, 15) is 5.11 Å². The van der Waals surface area contributed by atoms with Gasteiger partial charge in [0.2, 0.25) is 0 Å². The zero-order valence-corrected chi connectivity index (χ0v) is 8.64. The maximum atomic E-state index is 9.94. The molecule has 1 N–H and O–H groups in total. The van der Waals surface area contributed by atoms with Crippen LogP contribution in [0.25, 0.3) is 0 Å². The molecule has 66 valence electrons. The molecule has 0 amide bonds. The Morgan fingerprint density at radius 2 is 2.27 bits per heavy atom. The molecule has 3 heteroatoms. The van der Waals surface area contributed by atoms with Crippen LogP contribution >= 0.6 is 23.5 Å². The third kappa shape index (κ3) is 3.26. The highest BCUT2D eigenvalue weighted by Gasteiger charge is 2.29. The quantitative estimate of drug-likeness (QED) is 0.741. The van der Waals surface area contributed by atoms with E-state index in [1.54, 1.807) is 11.8 Å². The molecule has 1 aliphatic heterocycles. The first-order chi connectivity index (χ1) is 5.27. The second kappa shape index (κ2) is 4.63. The van der Waals surface area contributed by atoms with E-state index >= 15 is 0 Å². The fourth-order valence-electron chi connectivity index (χ4n) is 1.16. The molecule has 0 aromatic heterocycles. The highest BCUT2D eigenvalue weighted by molar-refractivity contribution is 8.07.